The second-order valence-corrected chi connectivity index (χ2v) is 6.06. The maximum Gasteiger partial charge on any atom is 0.272 e. The van der Waals surface area contributed by atoms with Gasteiger partial charge in [0.15, 0.2) is 0 Å². The molecule has 0 radical (unpaired) electrons. The lowest BCUT2D eigenvalue weighted by molar-refractivity contribution is -0.119. The van der Waals surface area contributed by atoms with Gasteiger partial charge < -0.3 is 15.0 Å². The van der Waals surface area contributed by atoms with Crippen molar-refractivity contribution in [1.82, 2.24) is 0 Å². The third-order valence-electron chi connectivity index (χ3n) is 3.65. The molecule has 0 aliphatic carbocycles. The number of ether oxygens (including phenoxy) is 1. The third-order valence-corrected chi connectivity index (χ3v) is 4.53. The van der Waals surface area contributed by atoms with E-state index in [1.54, 1.807) is 24.1 Å². The van der Waals surface area contributed by atoms with Gasteiger partial charge in [-0.2, -0.15) is 0 Å². The summed E-state index contributed by atoms with van der Waals surface area (Å²) < 4.78 is 5.24. The van der Waals surface area contributed by atoms with Crippen LogP contribution in [0.2, 0.25) is 0 Å². The van der Waals surface area contributed by atoms with Gasteiger partial charge in [0.2, 0.25) is 5.91 Å². The number of thiophene rings is 1. The van der Waals surface area contributed by atoms with E-state index < -0.39 is 0 Å². The molecule has 2 amide bonds. The molecule has 1 aliphatic rings. The molecule has 1 aliphatic heterocycles. The van der Waals surface area contributed by atoms with E-state index in [1.807, 2.05) is 30.5 Å². The molecule has 1 atom stereocenters. The first-order chi connectivity index (χ1) is 10.6. The molecule has 1 aromatic carbocycles. The minimum Gasteiger partial charge on any atom is -0.495 e. The van der Waals surface area contributed by atoms with Gasteiger partial charge in [-0.05, 0) is 23.6 Å². The van der Waals surface area contributed by atoms with Gasteiger partial charge >= 0.3 is 0 Å². The molecule has 5 nitrogen and oxygen atoms in total. The Morgan fingerprint density at radius 2 is 2.14 bits per heavy atom. The van der Waals surface area contributed by atoms with Gasteiger partial charge in [-0.25, -0.2) is 0 Å². The fourth-order valence-corrected chi connectivity index (χ4v) is 3.26. The molecule has 0 fully saturated rings. The van der Waals surface area contributed by atoms with E-state index >= 15 is 0 Å². The van der Waals surface area contributed by atoms with Crippen molar-refractivity contribution in [2.75, 3.05) is 23.9 Å². The van der Waals surface area contributed by atoms with E-state index in [-0.39, 0.29) is 17.7 Å². The van der Waals surface area contributed by atoms with E-state index in [0.717, 1.165) is 0 Å². The van der Waals surface area contributed by atoms with Gasteiger partial charge in [0.05, 0.1) is 24.4 Å². The number of para-hydroxylation sites is 2. The van der Waals surface area contributed by atoms with Crippen LogP contribution < -0.4 is 15.0 Å². The summed E-state index contributed by atoms with van der Waals surface area (Å²) in [6, 6.07) is 9.10. The van der Waals surface area contributed by atoms with Crippen molar-refractivity contribution < 1.29 is 14.3 Å². The number of fused-ring (bicyclic) bond motifs is 1. The molecular formula is C16H16N2O3S. The number of hydrogen-bond acceptors (Lipinski definition) is 4. The van der Waals surface area contributed by atoms with Gasteiger partial charge in [-0.3, -0.25) is 9.59 Å². The highest BCUT2D eigenvalue weighted by molar-refractivity contribution is 7.12. The second-order valence-electron chi connectivity index (χ2n) is 5.14. The molecule has 1 aromatic heterocycles. The van der Waals surface area contributed by atoms with Crippen molar-refractivity contribution in [3.63, 3.8) is 0 Å². The highest BCUT2D eigenvalue weighted by Gasteiger charge is 2.30. The zero-order valence-electron chi connectivity index (χ0n) is 12.3. The smallest absolute Gasteiger partial charge is 0.272 e. The van der Waals surface area contributed by atoms with E-state index in [2.05, 4.69) is 5.32 Å². The number of amides is 2. The number of nitrogens with zero attached hydrogens (tertiary/aromatic N) is 1. The predicted octanol–water partition coefficient (Wildman–Crippen LogP) is 2.99. The summed E-state index contributed by atoms with van der Waals surface area (Å²) in [5.74, 6) is 0.0366. The highest BCUT2D eigenvalue weighted by Crippen LogP contribution is 2.34. The first kappa shape index (κ1) is 14.6. The highest BCUT2D eigenvalue weighted by atomic mass is 32.1. The summed E-state index contributed by atoms with van der Waals surface area (Å²) in [6.07, 6.45) is 0. The van der Waals surface area contributed by atoms with Crippen molar-refractivity contribution in [2.45, 2.75) is 6.92 Å². The van der Waals surface area contributed by atoms with Crippen LogP contribution in [0.5, 0.6) is 5.75 Å². The van der Waals surface area contributed by atoms with Crippen LogP contribution in [0, 0.1) is 5.92 Å². The Labute approximate surface area is 132 Å². The van der Waals surface area contributed by atoms with E-state index in [9.17, 15) is 9.59 Å². The average molecular weight is 316 g/mol. The Morgan fingerprint density at radius 3 is 2.91 bits per heavy atom. The number of anilines is 2. The molecule has 6 heteroatoms. The number of rotatable bonds is 2. The van der Waals surface area contributed by atoms with Crippen molar-refractivity contribution in [2.24, 2.45) is 5.92 Å². The summed E-state index contributed by atoms with van der Waals surface area (Å²) in [4.78, 5) is 27.2. The van der Waals surface area contributed by atoms with Crippen LogP contribution in [-0.2, 0) is 4.79 Å². The Morgan fingerprint density at radius 1 is 1.36 bits per heavy atom. The normalized spacial score (nSPS) is 17.5. The molecule has 114 valence electrons. The van der Waals surface area contributed by atoms with Gasteiger partial charge in [0.25, 0.3) is 5.91 Å². The van der Waals surface area contributed by atoms with Gasteiger partial charge in [-0.1, -0.05) is 19.1 Å². The Kier molecular flexibility index (Phi) is 3.85. The molecule has 2 heterocycles. The number of benzene rings is 1. The fourth-order valence-electron chi connectivity index (χ4n) is 2.45. The van der Waals surface area contributed by atoms with Crippen LogP contribution in [0.25, 0.3) is 0 Å². The van der Waals surface area contributed by atoms with Crippen LogP contribution >= 0.6 is 11.3 Å². The van der Waals surface area contributed by atoms with E-state index in [1.165, 1.54) is 11.3 Å². The van der Waals surface area contributed by atoms with Crippen LogP contribution in [0.3, 0.4) is 0 Å². The standard InChI is InChI=1S/C16H16N2O3S/c1-10-9-18(16(20)14-13(21-2)7-8-22-14)12-6-4-3-5-11(12)17-15(10)19/h3-8,10H,9H2,1-2H3,(H,17,19). The molecule has 0 saturated carbocycles. The summed E-state index contributed by atoms with van der Waals surface area (Å²) in [5.41, 5.74) is 1.36. The second kappa shape index (κ2) is 5.81. The quantitative estimate of drug-likeness (QED) is 0.926. The predicted molar refractivity (Wildman–Crippen MR) is 86.8 cm³/mol. The minimum absolute atomic E-state index is 0.0825. The lowest BCUT2D eigenvalue weighted by atomic mass is 10.1. The van der Waals surface area contributed by atoms with Crippen LogP contribution in [0.1, 0.15) is 16.6 Å². The summed E-state index contributed by atoms with van der Waals surface area (Å²) in [6.45, 7) is 2.15. The van der Waals surface area contributed by atoms with Gasteiger partial charge in [-0.15, -0.1) is 11.3 Å². The number of carbonyl (C=O) groups excluding carboxylic acids is 2. The first-order valence-corrected chi connectivity index (χ1v) is 7.83. The van der Waals surface area contributed by atoms with Crippen molar-refractivity contribution in [3.05, 3.63) is 40.6 Å². The summed E-state index contributed by atoms with van der Waals surface area (Å²) in [7, 11) is 1.54. The number of carbonyl (C=O) groups is 2. The van der Waals surface area contributed by atoms with E-state index in [0.29, 0.717) is 28.5 Å². The lowest BCUT2D eigenvalue weighted by Crippen LogP contribution is -2.35. The average Bonchev–Trinajstić information content (AvgIpc) is 2.96. The lowest BCUT2D eigenvalue weighted by Gasteiger charge is -2.23. The van der Waals surface area contributed by atoms with Crippen molar-refractivity contribution in [3.8, 4) is 5.75 Å². The fraction of sp³-hybridized carbons (Fsp3) is 0.250. The maximum absolute atomic E-state index is 12.9. The summed E-state index contributed by atoms with van der Waals surface area (Å²) in [5, 5.41) is 4.69. The Hall–Kier alpha value is -2.34. The Bertz CT molecular complexity index is 726. The molecule has 0 bridgehead atoms. The molecule has 1 unspecified atom stereocenters. The summed E-state index contributed by atoms with van der Waals surface area (Å²) >= 11 is 1.34. The zero-order valence-corrected chi connectivity index (χ0v) is 13.1. The van der Waals surface area contributed by atoms with Crippen LogP contribution in [-0.4, -0.2) is 25.5 Å². The topological polar surface area (TPSA) is 58.6 Å². The molecular weight excluding hydrogens is 300 g/mol. The largest absolute Gasteiger partial charge is 0.495 e. The molecule has 3 rings (SSSR count). The van der Waals surface area contributed by atoms with E-state index in [4.69, 9.17) is 4.74 Å². The molecule has 22 heavy (non-hydrogen) atoms. The minimum atomic E-state index is -0.290. The SMILES string of the molecule is COc1ccsc1C(=O)N1CC(C)C(=O)Nc2ccccc21. The van der Waals surface area contributed by atoms with Crippen LogP contribution in [0.4, 0.5) is 11.4 Å². The third kappa shape index (κ3) is 2.46. The van der Waals surface area contributed by atoms with Gasteiger partial charge in [0, 0.05) is 6.54 Å². The maximum atomic E-state index is 12.9. The molecule has 1 N–H and O–H groups in total. The van der Waals surface area contributed by atoms with Gasteiger partial charge in [0.1, 0.15) is 10.6 Å². The van der Waals surface area contributed by atoms with Crippen molar-refractivity contribution in [1.29, 1.82) is 0 Å². The zero-order chi connectivity index (χ0) is 15.7. The Balaban J connectivity index is 2.05. The monoisotopic (exact) mass is 316 g/mol. The van der Waals surface area contributed by atoms with Crippen molar-refractivity contribution >= 4 is 34.5 Å². The number of nitrogens with one attached hydrogen (secondary N) is 1. The van der Waals surface area contributed by atoms with Crippen LogP contribution in [0.15, 0.2) is 35.7 Å². The molecule has 2 aromatic rings. The first-order valence-electron chi connectivity index (χ1n) is 6.95. The molecule has 0 spiro atoms. The number of methoxy groups -OCH3 is 1. The molecule has 0 saturated heterocycles. The number of hydrogen-bond donors (Lipinski definition) is 1.